The summed E-state index contributed by atoms with van der Waals surface area (Å²) in [4.78, 5) is 17.0. The van der Waals surface area contributed by atoms with Crippen LogP contribution < -0.4 is 4.90 Å². The highest BCUT2D eigenvalue weighted by Crippen LogP contribution is 2.34. The molecule has 0 spiro atoms. The van der Waals surface area contributed by atoms with Gasteiger partial charge in [0, 0.05) is 36.0 Å². The fourth-order valence-corrected chi connectivity index (χ4v) is 5.92. The molecule has 0 atom stereocenters. The molecule has 0 saturated carbocycles. The molecule has 5 rings (SSSR count). The number of anilines is 2. The molecule has 0 aliphatic carbocycles. The van der Waals surface area contributed by atoms with E-state index < -0.39 is 15.6 Å². The minimum absolute atomic E-state index is 0.245. The third-order valence-corrected chi connectivity index (χ3v) is 8.12. The normalized spacial score (nSPS) is 14.4. The quantitative estimate of drug-likeness (QED) is 0.330. The van der Waals surface area contributed by atoms with Crippen LogP contribution in [0.15, 0.2) is 83.9 Å². The lowest BCUT2D eigenvalue weighted by Gasteiger charge is -2.27. The molecule has 0 fully saturated rings. The monoisotopic (exact) mass is 517 g/mol. The molecule has 1 amide bonds. The number of aryl methyl sites for hydroxylation is 1. The van der Waals surface area contributed by atoms with Gasteiger partial charge in [0.1, 0.15) is 5.60 Å². The van der Waals surface area contributed by atoms with Gasteiger partial charge in [0.05, 0.1) is 17.0 Å². The first kappa shape index (κ1) is 24.9. The van der Waals surface area contributed by atoms with Crippen LogP contribution >= 0.6 is 0 Å². The van der Waals surface area contributed by atoms with E-state index in [1.807, 2.05) is 76.2 Å². The SMILES string of the molecule is Cc1ccc(S(=O)(=O)n2ccc3ccc(N4CCN(C(=O)OC(C)(C)C)Cc5ccccc54)cc32)cc1. The van der Waals surface area contributed by atoms with Crippen molar-refractivity contribution in [2.24, 2.45) is 0 Å². The molecule has 3 aromatic carbocycles. The Balaban J connectivity index is 1.54. The maximum atomic E-state index is 13.5. The smallest absolute Gasteiger partial charge is 0.410 e. The second kappa shape index (κ2) is 9.27. The van der Waals surface area contributed by atoms with E-state index in [1.54, 1.807) is 35.4 Å². The van der Waals surface area contributed by atoms with Gasteiger partial charge in [-0.1, -0.05) is 42.0 Å². The number of carbonyl (C=O) groups excluding carboxylic acids is 1. The summed E-state index contributed by atoms with van der Waals surface area (Å²) in [6, 6.07) is 22.5. The third kappa shape index (κ3) is 4.93. The maximum absolute atomic E-state index is 13.5. The number of para-hydroxylation sites is 1. The van der Waals surface area contributed by atoms with Crippen LogP contribution in [0, 0.1) is 6.92 Å². The van der Waals surface area contributed by atoms with E-state index in [9.17, 15) is 13.2 Å². The Morgan fingerprint density at radius 2 is 1.65 bits per heavy atom. The third-order valence-electron chi connectivity index (χ3n) is 6.42. The zero-order chi connectivity index (χ0) is 26.4. The summed E-state index contributed by atoms with van der Waals surface area (Å²) in [7, 11) is -3.76. The largest absolute Gasteiger partial charge is 0.444 e. The average Bonchev–Trinajstić information content (AvgIpc) is 3.17. The van der Waals surface area contributed by atoms with E-state index in [4.69, 9.17) is 4.74 Å². The summed E-state index contributed by atoms with van der Waals surface area (Å²) >= 11 is 0. The minimum atomic E-state index is -3.76. The van der Waals surface area contributed by atoms with Gasteiger partial charge in [-0.3, -0.25) is 0 Å². The maximum Gasteiger partial charge on any atom is 0.410 e. The molecule has 8 heteroatoms. The summed E-state index contributed by atoms with van der Waals surface area (Å²) in [6.45, 7) is 8.93. The van der Waals surface area contributed by atoms with E-state index in [2.05, 4.69) is 4.90 Å². The lowest BCUT2D eigenvalue weighted by atomic mass is 10.1. The minimum Gasteiger partial charge on any atom is -0.444 e. The molecule has 192 valence electrons. The van der Waals surface area contributed by atoms with E-state index in [1.165, 1.54) is 3.97 Å². The van der Waals surface area contributed by atoms with Gasteiger partial charge in [-0.15, -0.1) is 0 Å². The van der Waals surface area contributed by atoms with Gasteiger partial charge in [0.2, 0.25) is 0 Å². The van der Waals surface area contributed by atoms with Crippen molar-refractivity contribution in [2.45, 2.75) is 44.7 Å². The van der Waals surface area contributed by atoms with Gasteiger partial charge in [-0.25, -0.2) is 17.2 Å². The number of nitrogens with zero attached hydrogens (tertiary/aromatic N) is 3. The van der Waals surface area contributed by atoms with Crippen molar-refractivity contribution < 1.29 is 17.9 Å². The van der Waals surface area contributed by atoms with Crippen LogP contribution in [0.1, 0.15) is 31.9 Å². The molecule has 0 radical (unpaired) electrons. The number of aromatic nitrogens is 1. The predicted octanol–water partition coefficient (Wildman–Crippen LogP) is 6.08. The van der Waals surface area contributed by atoms with Crippen LogP contribution in [0.3, 0.4) is 0 Å². The number of carbonyl (C=O) groups is 1. The first-order chi connectivity index (χ1) is 17.5. The second-order valence-corrected chi connectivity index (χ2v) is 12.2. The molecule has 0 N–H and O–H groups in total. The van der Waals surface area contributed by atoms with E-state index >= 15 is 0 Å². The number of rotatable bonds is 3. The van der Waals surface area contributed by atoms with Gasteiger partial charge < -0.3 is 14.5 Å². The molecule has 2 heterocycles. The summed E-state index contributed by atoms with van der Waals surface area (Å²) < 4.78 is 33.9. The van der Waals surface area contributed by atoms with Crippen molar-refractivity contribution in [3.63, 3.8) is 0 Å². The Morgan fingerprint density at radius 1 is 0.919 bits per heavy atom. The number of amides is 1. The Bertz CT molecular complexity index is 1570. The molecule has 1 aliphatic rings. The average molecular weight is 518 g/mol. The van der Waals surface area contributed by atoms with Crippen molar-refractivity contribution in [2.75, 3.05) is 18.0 Å². The van der Waals surface area contributed by atoms with Crippen molar-refractivity contribution in [3.8, 4) is 0 Å². The molecule has 37 heavy (non-hydrogen) atoms. The van der Waals surface area contributed by atoms with Gasteiger partial charge in [-0.05, 0) is 69.7 Å². The molecule has 1 aliphatic heterocycles. The summed E-state index contributed by atoms with van der Waals surface area (Å²) in [5, 5.41) is 0.831. The van der Waals surface area contributed by atoms with Crippen LogP contribution in [-0.2, 0) is 21.3 Å². The van der Waals surface area contributed by atoms with Crippen molar-refractivity contribution in [1.82, 2.24) is 8.87 Å². The molecule has 1 aromatic heterocycles. The second-order valence-electron chi connectivity index (χ2n) is 10.4. The molecule has 7 nitrogen and oxygen atoms in total. The van der Waals surface area contributed by atoms with Crippen LogP contribution in [0.5, 0.6) is 0 Å². The van der Waals surface area contributed by atoms with Crippen LogP contribution in [0.2, 0.25) is 0 Å². The van der Waals surface area contributed by atoms with Gasteiger partial charge in [0.15, 0.2) is 0 Å². The van der Waals surface area contributed by atoms with Crippen molar-refractivity contribution in [1.29, 1.82) is 0 Å². The first-order valence-corrected chi connectivity index (χ1v) is 13.7. The van der Waals surface area contributed by atoms with Crippen molar-refractivity contribution >= 4 is 38.4 Å². The highest BCUT2D eigenvalue weighted by molar-refractivity contribution is 7.90. The van der Waals surface area contributed by atoms with Gasteiger partial charge >= 0.3 is 6.09 Å². The fourth-order valence-electron chi connectivity index (χ4n) is 4.58. The molecular weight excluding hydrogens is 486 g/mol. The Morgan fingerprint density at radius 3 is 2.38 bits per heavy atom. The Hall–Kier alpha value is -3.78. The highest BCUT2D eigenvalue weighted by atomic mass is 32.2. The topological polar surface area (TPSA) is 71.9 Å². The van der Waals surface area contributed by atoms with E-state index in [0.29, 0.717) is 25.2 Å². The fraction of sp³-hybridized carbons (Fsp3) is 0.276. The Kier molecular flexibility index (Phi) is 6.23. The standard InChI is InChI=1S/C29H31N3O4S/c1-21-9-13-25(14-10-21)37(34,35)32-16-15-22-11-12-24(19-27(22)32)31-18-17-30(28(33)36-29(2,3)4)20-23-7-5-6-8-26(23)31/h5-16,19H,17-18,20H2,1-4H3. The highest BCUT2D eigenvalue weighted by Gasteiger charge is 2.28. The predicted molar refractivity (Wildman–Crippen MR) is 146 cm³/mol. The number of hydrogen-bond donors (Lipinski definition) is 0. The number of ether oxygens (including phenoxy) is 1. The number of hydrogen-bond acceptors (Lipinski definition) is 5. The molecule has 4 aromatic rings. The number of benzene rings is 3. The Labute approximate surface area is 217 Å². The van der Waals surface area contributed by atoms with E-state index in [0.717, 1.165) is 27.9 Å². The van der Waals surface area contributed by atoms with Crippen LogP contribution in [-0.4, -0.2) is 42.1 Å². The van der Waals surface area contributed by atoms with Gasteiger partial charge in [0.25, 0.3) is 10.0 Å². The summed E-state index contributed by atoms with van der Waals surface area (Å²) in [5.74, 6) is 0. The zero-order valence-corrected chi connectivity index (χ0v) is 22.3. The van der Waals surface area contributed by atoms with Crippen molar-refractivity contribution in [3.05, 3.63) is 90.1 Å². The molecule has 0 bridgehead atoms. The van der Waals surface area contributed by atoms with E-state index in [-0.39, 0.29) is 11.0 Å². The number of fused-ring (bicyclic) bond motifs is 2. The zero-order valence-electron chi connectivity index (χ0n) is 21.5. The first-order valence-electron chi connectivity index (χ1n) is 12.3. The molecular formula is C29H31N3O4S. The van der Waals surface area contributed by atoms with Crippen LogP contribution in [0.25, 0.3) is 10.9 Å². The molecule has 0 saturated heterocycles. The lowest BCUT2D eigenvalue weighted by Crippen LogP contribution is -2.38. The summed E-state index contributed by atoms with van der Waals surface area (Å²) in [6.07, 6.45) is 1.25. The van der Waals surface area contributed by atoms with Gasteiger partial charge in [-0.2, -0.15) is 0 Å². The lowest BCUT2D eigenvalue weighted by molar-refractivity contribution is 0.0244. The molecule has 0 unspecified atom stereocenters. The van der Waals surface area contributed by atoms with Crippen LogP contribution in [0.4, 0.5) is 16.2 Å². The summed E-state index contributed by atoms with van der Waals surface area (Å²) in [5.41, 5.74) is 3.84.